The summed E-state index contributed by atoms with van der Waals surface area (Å²) < 4.78 is 0. The van der Waals surface area contributed by atoms with Crippen LogP contribution in [0.25, 0.3) is 0 Å². The largest absolute Gasteiger partial charge is 0.393 e. The molecule has 1 nitrogen and oxygen atoms in total. The zero-order valence-corrected chi connectivity index (χ0v) is 7.72. The molecule has 0 saturated carbocycles. The molecule has 1 heteroatoms. The molecule has 0 heterocycles. The fraction of sp³-hybridized carbons (Fsp3) is 0.800. The summed E-state index contributed by atoms with van der Waals surface area (Å²) in [5.74, 6) is 6.35. The molecule has 0 aliphatic carbocycles. The Morgan fingerprint density at radius 1 is 1.27 bits per heavy atom. The maximum atomic E-state index is 9.36. The van der Waals surface area contributed by atoms with Crippen LogP contribution in [0.4, 0.5) is 0 Å². The summed E-state index contributed by atoms with van der Waals surface area (Å²) in [6, 6.07) is 0. The lowest BCUT2D eigenvalue weighted by Crippen LogP contribution is -2.13. The van der Waals surface area contributed by atoms with Gasteiger partial charge in [-0.2, -0.15) is 0 Å². The molecule has 0 spiro atoms. The van der Waals surface area contributed by atoms with Crippen LogP contribution in [-0.4, -0.2) is 11.2 Å². The zero-order chi connectivity index (χ0) is 8.69. The predicted octanol–water partition coefficient (Wildman–Crippen LogP) is 2.20. The Morgan fingerprint density at radius 3 is 2.36 bits per heavy atom. The quantitative estimate of drug-likeness (QED) is 0.618. The standard InChI is InChI=1S/C10H18O/c1-4-5-6-7-8-10(11)9(2)3/h9-11H,4,7-8H2,1-3H3. The van der Waals surface area contributed by atoms with Gasteiger partial charge in [0.05, 0.1) is 6.10 Å². The van der Waals surface area contributed by atoms with Gasteiger partial charge in [0.1, 0.15) is 0 Å². The molecule has 1 N–H and O–H groups in total. The highest BCUT2D eigenvalue weighted by molar-refractivity contribution is 4.97. The zero-order valence-electron chi connectivity index (χ0n) is 7.72. The van der Waals surface area contributed by atoms with Gasteiger partial charge in [-0.25, -0.2) is 0 Å². The normalized spacial score (nSPS) is 12.5. The first-order valence-corrected chi connectivity index (χ1v) is 4.32. The van der Waals surface area contributed by atoms with Crippen molar-refractivity contribution >= 4 is 0 Å². The van der Waals surface area contributed by atoms with Gasteiger partial charge >= 0.3 is 0 Å². The van der Waals surface area contributed by atoms with Gasteiger partial charge in [0.15, 0.2) is 0 Å². The van der Waals surface area contributed by atoms with E-state index in [2.05, 4.69) is 11.8 Å². The van der Waals surface area contributed by atoms with Gasteiger partial charge in [0, 0.05) is 12.8 Å². The van der Waals surface area contributed by atoms with Crippen molar-refractivity contribution in [1.82, 2.24) is 0 Å². The number of aliphatic hydroxyl groups is 1. The second-order valence-corrected chi connectivity index (χ2v) is 3.06. The molecule has 64 valence electrons. The maximum Gasteiger partial charge on any atom is 0.0572 e. The predicted molar refractivity (Wildman–Crippen MR) is 48.1 cm³/mol. The van der Waals surface area contributed by atoms with Crippen LogP contribution in [0.15, 0.2) is 0 Å². The van der Waals surface area contributed by atoms with E-state index in [1.807, 2.05) is 20.8 Å². The van der Waals surface area contributed by atoms with Gasteiger partial charge in [-0.1, -0.05) is 20.8 Å². The Morgan fingerprint density at radius 2 is 1.91 bits per heavy atom. The van der Waals surface area contributed by atoms with Gasteiger partial charge < -0.3 is 5.11 Å². The molecule has 0 aliphatic heterocycles. The van der Waals surface area contributed by atoms with Gasteiger partial charge in [0.25, 0.3) is 0 Å². The van der Waals surface area contributed by atoms with Gasteiger partial charge in [-0.05, 0) is 12.3 Å². The Kier molecular flexibility index (Phi) is 5.97. The van der Waals surface area contributed by atoms with Crippen LogP contribution in [0.5, 0.6) is 0 Å². The van der Waals surface area contributed by atoms with Crippen LogP contribution in [-0.2, 0) is 0 Å². The van der Waals surface area contributed by atoms with E-state index in [1.54, 1.807) is 0 Å². The van der Waals surface area contributed by atoms with Crippen molar-refractivity contribution in [3.8, 4) is 11.8 Å². The summed E-state index contributed by atoms with van der Waals surface area (Å²) in [6.07, 6.45) is 2.37. The first-order valence-electron chi connectivity index (χ1n) is 4.32. The van der Waals surface area contributed by atoms with Crippen LogP contribution >= 0.6 is 0 Å². The second-order valence-electron chi connectivity index (χ2n) is 3.06. The number of hydrogen-bond acceptors (Lipinski definition) is 1. The monoisotopic (exact) mass is 154 g/mol. The van der Waals surface area contributed by atoms with E-state index in [0.29, 0.717) is 5.92 Å². The van der Waals surface area contributed by atoms with Gasteiger partial charge in [-0.3, -0.25) is 0 Å². The average molecular weight is 154 g/mol. The molecule has 1 unspecified atom stereocenters. The summed E-state index contributed by atoms with van der Waals surface area (Å²) in [7, 11) is 0. The van der Waals surface area contributed by atoms with Crippen LogP contribution in [0, 0.1) is 17.8 Å². The van der Waals surface area contributed by atoms with Crippen LogP contribution in [0.3, 0.4) is 0 Å². The average Bonchev–Trinajstić information content (AvgIpc) is 1.97. The van der Waals surface area contributed by atoms with Crippen molar-refractivity contribution in [2.24, 2.45) is 5.92 Å². The number of hydrogen-bond donors (Lipinski definition) is 1. The van der Waals surface area contributed by atoms with E-state index in [-0.39, 0.29) is 6.10 Å². The molecule has 1 atom stereocenters. The second kappa shape index (κ2) is 6.24. The lowest BCUT2D eigenvalue weighted by atomic mass is 10.0. The summed E-state index contributed by atoms with van der Waals surface area (Å²) >= 11 is 0. The molecule has 0 bridgehead atoms. The van der Waals surface area contributed by atoms with E-state index in [4.69, 9.17) is 0 Å². The molecular weight excluding hydrogens is 136 g/mol. The SMILES string of the molecule is CCC#CCCC(O)C(C)C. The van der Waals surface area contributed by atoms with E-state index >= 15 is 0 Å². The van der Waals surface area contributed by atoms with Crippen molar-refractivity contribution in [2.75, 3.05) is 0 Å². The molecule has 0 aromatic rings. The summed E-state index contributed by atoms with van der Waals surface area (Å²) in [5.41, 5.74) is 0. The van der Waals surface area contributed by atoms with Crippen molar-refractivity contribution in [3.63, 3.8) is 0 Å². The van der Waals surface area contributed by atoms with Gasteiger partial charge in [0.2, 0.25) is 0 Å². The van der Waals surface area contributed by atoms with Crippen molar-refractivity contribution < 1.29 is 5.11 Å². The Bertz CT molecular complexity index is 139. The Labute approximate surface area is 69.8 Å². The minimum Gasteiger partial charge on any atom is -0.393 e. The first kappa shape index (κ1) is 10.5. The molecule has 0 radical (unpaired) electrons. The molecule has 0 aromatic carbocycles. The number of rotatable bonds is 3. The number of aliphatic hydroxyl groups excluding tert-OH is 1. The summed E-state index contributed by atoms with van der Waals surface area (Å²) in [4.78, 5) is 0. The molecular formula is C10H18O. The highest BCUT2D eigenvalue weighted by atomic mass is 16.3. The summed E-state index contributed by atoms with van der Waals surface area (Å²) in [6.45, 7) is 6.09. The third-order valence-electron chi connectivity index (χ3n) is 1.64. The summed E-state index contributed by atoms with van der Waals surface area (Å²) in [5, 5.41) is 9.36. The fourth-order valence-electron chi connectivity index (χ4n) is 0.767. The smallest absolute Gasteiger partial charge is 0.0572 e. The molecule has 0 amide bonds. The molecule has 0 aromatic heterocycles. The lowest BCUT2D eigenvalue weighted by Gasteiger charge is -2.11. The van der Waals surface area contributed by atoms with E-state index in [9.17, 15) is 5.11 Å². The molecule has 0 saturated heterocycles. The van der Waals surface area contributed by atoms with Crippen molar-refractivity contribution in [3.05, 3.63) is 0 Å². The van der Waals surface area contributed by atoms with Crippen LogP contribution in [0.1, 0.15) is 40.0 Å². The fourth-order valence-corrected chi connectivity index (χ4v) is 0.767. The maximum absolute atomic E-state index is 9.36. The molecule has 0 rings (SSSR count). The minimum atomic E-state index is -0.179. The highest BCUT2D eigenvalue weighted by Crippen LogP contribution is 2.06. The first-order chi connectivity index (χ1) is 5.18. The van der Waals surface area contributed by atoms with E-state index < -0.39 is 0 Å². The van der Waals surface area contributed by atoms with E-state index in [1.165, 1.54) is 0 Å². The third kappa shape index (κ3) is 5.94. The van der Waals surface area contributed by atoms with E-state index in [0.717, 1.165) is 19.3 Å². The molecule has 11 heavy (non-hydrogen) atoms. The third-order valence-corrected chi connectivity index (χ3v) is 1.64. The highest BCUT2D eigenvalue weighted by Gasteiger charge is 2.06. The molecule has 0 fully saturated rings. The van der Waals surface area contributed by atoms with Crippen molar-refractivity contribution in [2.45, 2.75) is 46.1 Å². The van der Waals surface area contributed by atoms with Crippen LogP contribution in [0.2, 0.25) is 0 Å². The lowest BCUT2D eigenvalue weighted by molar-refractivity contribution is 0.118. The Balaban J connectivity index is 3.38. The topological polar surface area (TPSA) is 20.2 Å². The minimum absolute atomic E-state index is 0.179. The Hall–Kier alpha value is -0.480. The van der Waals surface area contributed by atoms with Gasteiger partial charge in [-0.15, -0.1) is 11.8 Å². The van der Waals surface area contributed by atoms with Crippen LogP contribution < -0.4 is 0 Å². The van der Waals surface area contributed by atoms with Crippen molar-refractivity contribution in [1.29, 1.82) is 0 Å². The molecule has 0 aliphatic rings.